The summed E-state index contributed by atoms with van der Waals surface area (Å²) < 4.78 is 3.40. The Bertz CT molecular complexity index is 1100. The fourth-order valence-corrected chi connectivity index (χ4v) is 3.28. The summed E-state index contributed by atoms with van der Waals surface area (Å²) in [6, 6.07) is 19.1. The number of rotatable bonds is 4. The number of aliphatic hydroxyl groups excluding tert-OH is 1. The van der Waals surface area contributed by atoms with E-state index in [4.69, 9.17) is 0 Å². The van der Waals surface area contributed by atoms with Gasteiger partial charge in [-0.15, -0.1) is 0 Å². The van der Waals surface area contributed by atoms with Crippen molar-refractivity contribution < 1.29 is 5.11 Å². The highest BCUT2D eigenvalue weighted by Gasteiger charge is 2.15. The molecule has 0 aliphatic carbocycles. The van der Waals surface area contributed by atoms with Crippen molar-refractivity contribution in [3.05, 3.63) is 82.3 Å². The fraction of sp³-hybridized carbons (Fsp3) is 0.200. The molecule has 0 saturated carbocycles. The topological polar surface area (TPSA) is 59.5 Å². The molecule has 126 valence electrons. The third-order valence-electron chi connectivity index (χ3n) is 4.40. The van der Waals surface area contributed by atoms with Crippen molar-refractivity contribution >= 4 is 16.6 Å². The lowest BCUT2D eigenvalue weighted by Gasteiger charge is -2.15. The number of hydrogen-bond acceptors (Lipinski definition) is 3. The number of aromatic nitrogens is 3. The number of aryl methyl sites for hydroxylation is 1. The second-order valence-corrected chi connectivity index (χ2v) is 6.33. The molecule has 5 heteroatoms. The van der Waals surface area contributed by atoms with E-state index < -0.39 is 6.10 Å². The summed E-state index contributed by atoms with van der Waals surface area (Å²) in [5.41, 5.74) is 3.26. The van der Waals surface area contributed by atoms with E-state index in [0.717, 1.165) is 16.8 Å². The quantitative estimate of drug-likeness (QED) is 0.624. The van der Waals surface area contributed by atoms with E-state index in [9.17, 15) is 9.90 Å². The molecule has 0 radical (unpaired) electrons. The van der Waals surface area contributed by atoms with Crippen LogP contribution in [-0.4, -0.2) is 25.4 Å². The van der Waals surface area contributed by atoms with Gasteiger partial charge in [0.1, 0.15) is 5.65 Å². The molecule has 1 N–H and O–H groups in total. The van der Waals surface area contributed by atoms with Crippen LogP contribution in [0.5, 0.6) is 0 Å². The third kappa shape index (κ3) is 2.83. The lowest BCUT2D eigenvalue weighted by atomic mass is 10.1. The van der Waals surface area contributed by atoms with Crippen LogP contribution in [0.1, 0.15) is 11.3 Å². The zero-order valence-electron chi connectivity index (χ0n) is 14.0. The molecular weight excluding hydrogens is 314 g/mol. The van der Waals surface area contributed by atoms with E-state index in [1.807, 2.05) is 61.5 Å². The number of para-hydroxylation sites is 1. The maximum Gasteiger partial charge on any atom is 0.261 e. The summed E-state index contributed by atoms with van der Waals surface area (Å²) in [6.07, 6.45) is -0.153. The van der Waals surface area contributed by atoms with Gasteiger partial charge in [0.2, 0.25) is 0 Å². The average Bonchev–Trinajstić information content (AvgIpc) is 3.01. The van der Waals surface area contributed by atoms with Gasteiger partial charge < -0.3 is 5.11 Å². The second-order valence-electron chi connectivity index (χ2n) is 6.33. The SMILES string of the molecule is Cc1cc2n(CC(O)Cc3ccccc3)c(=O)c3ccccc3n2n1. The molecule has 2 aromatic carbocycles. The van der Waals surface area contributed by atoms with Crippen molar-refractivity contribution in [2.45, 2.75) is 26.0 Å². The lowest BCUT2D eigenvalue weighted by molar-refractivity contribution is 0.154. The molecular formula is C20H19N3O2. The molecule has 0 fully saturated rings. The predicted molar refractivity (Wildman–Crippen MR) is 97.8 cm³/mol. The Labute approximate surface area is 144 Å². The summed E-state index contributed by atoms with van der Waals surface area (Å²) in [5, 5.41) is 15.6. The van der Waals surface area contributed by atoms with E-state index in [1.165, 1.54) is 0 Å². The highest BCUT2D eigenvalue weighted by Crippen LogP contribution is 2.15. The Hall–Kier alpha value is -2.92. The highest BCUT2D eigenvalue weighted by molar-refractivity contribution is 5.80. The van der Waals surface area contributed by atoms with Crippen molar-refractivity contribution in [1.29, 1.82) is 0 Å². The molecule has 2 heterocycles. The number of hydrogen-bond donors (Lipinski definition) is 1. The third-order valence-corrected chi connectivity index (χ3v) is 4.40. The normalized spacial score (nSPS) is 12.7. The largest absolute Gasteiger partial charge is 0.391 e. The molecule has 2 aromatic heterocycles. The van der Waals surface area contributed by atoms with Gasteiger partial charge in [-0.1, -0.05) is 42.5 Å². The van der Waals surface area contributed by atoms with Gasteiger partial charge in [0.15, 0.2) is 0 Å². The molecule has 4 rings (SSSR count). The molecule has 1 unspecified atom stereocenters. The van der Waals surface area contributed by atoms with Crippen LogP contribution >= 0.6 is 0 Å². The van der Waals surface area contributed by atoms with Crippen LogP contribution < -0.4 is 5.56 Å². The fourth-order valence-electron chi connectivity index (χ4n) is 3.28. The molecule has 5 nitrogen and oxygen atoms in total. The molecule has 0 spiro atoms. The van der Waals surface area contributed by atoms with Crippen LogP contribution in [0.3, 0.4) is 0 Å². The lowest BCUT2D eigenvalue weighted by Crippen LogP contribution is -2.29. The van der Waals surface area contributed by atoms with Crippen LogP contribution in [0.2, 0.25) is 0 Å². The number of benzene rings is 2. The first kappa shape index (κ1) is 15.6. The zero-order chi connectivity index (χ0) is 17.4. The molecule has 0 aliphatic heterocycles. The molecule has 0 aliphatic rings. The number of nitrogens with zero attached hydrogens (tertiary/aromatic N) is 3. The summed E-state index contributed by atoms with van der Waals surface area (Å²) in [7, 11) is 0. The maximum atomic E-state index is 13.0. The van der Waals surface area contributed by atoms with Crippen LogP contribution in [0.15, 0.2) is 65.5 Å². The van der Waals surface area contributed by atoms with Gasteiger partial charge in [-0.05, 0) is 24.6 Å². The monoisotopic (exact) mass is 333 g/mol. The van der Waals surface area contributed by atoms with Crippen molar-refractivity contribution in [2.75, 3.05) is 0 Å². The highest BCUT2D eigenvalue weighted by atomic mass is 16.3. The Morgan fingerprint density at radius 2 is 1.80 bits per heavy atom. The minimum absolute atomic E-state index is 0.102. The van der Waals surface area contributed by atoms with Gasteiger partial charge >= 0.3 is 0 Å². The van der Waals surface area contributed by atoms with Gasteiger partial charge in [-0.25, -0.2) is 4.52 Å². The van der Waals surface area contributed by atoms with Crippen molar-refractivity contribution in [1.82, 2.24) is 14.2 Å². The predicted octanol–water partition coefficient (Wildman–Crippen LogP) is 2.56. The molecule has 0 saturated heterocycles. The van der Waals surface area contributed by atoms with Crippen LogP contribution in [0, 0.1) is 6.92 Å². The van der Waals surface area contributed by atoms with Crippen LogP contribution in [0.4, 0.5) is 0 Å². The standard InChI is InChI=1S/C20H19N3O2/c1-14-11-19-22(13-16(24)12-15-7-3-2-4-8-15)20(25)17-9-5-6-10-18(17)23(19)21-14/h2-11,16,24H,12-13H2,1H3. The van der Waals surface area contributed by atoms with Gasteiger partial charge in [-0.2, -0.15) is 5.10 Å². The summed E-state index contributed by atoms with van der Waals surface area (Å²) in [6.45, 7) is 2.13. The number of aliphatic hydroxyl groups is 1. The minimum atomic E-state index is -0.653. The minimum Gasteiger partial charge on any atom is -0.391 e. The first-order valence-electron chi connectivity index (χ1n) is 8.33. The molecule has 0 amide bonds. The van der Waals surface area contributed by atoms with Crippen LogP contribution in [0.25, 0.3) is 16.6 Å². The molecule has 25 heavy (non-hydrogen) atoms. The van der Waals surface area contributed by atoms with Gasteiger partial charge in [0, 0.05) is 12.5 Å². The summed E-state index contributed by atoms with van der Waals surface area (Å²) in [4.78, 5) is 13.0. The van der Waals surface area contributed by atoms with Crippen molar-refractivity contribution in [2.24, 2.45) is 0 Å². The number of fused-ring (bicyclic) bond motifs is 3. The average molecular weight is 333 g/mol. The molecule has 1 atom stereocenters. The van der Waals surface area contributed by atoms with E-state index in [0.29, 0.717) is 17.5 Å². The summed E-state index contributed by atoms with van der Waals surface area (Å²) in [5.74, 6) is 0. The van der Waals surface area contributed by atoms with Gasteiger partial charge in [0.25, 0.3) is 5.56 Å². The van der Waals surface area contributed by atoms with E-state index in [1.54, 1.807) is 15.1 Å². The molecule has 0 bridgehead atoms. The van der Waals surface area contributed by atoms with E-state index in [-0.39, 0.29) is 12.1 Å². The first-order chi connectivity index (χ1) is 12.1. The smallest absolute Gasteiger partial charge is 0.261 e. The maximum absolute atomic E-state index is 13.0. The van der Waals surface area contributed by atoms with Crippen molar-refractivity contribution in [3.8, 4) is 0 Å². The Morgan fingerprint density at radius 3 is 2.60 bits per heavy atom. The first-order valence-corrected chi connectivity index (χ1v) is 8.33. The van der Waals surface area contributed by atoms with Gasteiger partial charge in [0.05, 0.1) is 29.2 Å². The Morgan fingerprint density at radius 1 is 1.08 bits per heavy atom. The second kappa shape index (κ2) is 6.18. The van der Waals surface area contributed by atoms with Crippen molar-refractivity contribution in [3.63, 3.8) is 0 Å². The van der Waals surface area contributed by atoms with Gasteiger partial charge in [-0.3, -0.25) is 9.36 Å². The Kier molecular flexibility index (Phi) is 3.86. The Balaban J connectivity index is 1.80. The van der Waals surface area contributed by atoms with Crippen LogP contribution in [-0.2, 0) is 13.0 Å². The van der Waals surface area contributed by atoms with E-state index >= 15 is 0 Å². The van der Waals surface area contributed by atoms with E-state index in [2.05, 4.69) is 5.10 Å². The zero-order valence-corrected chi connectivity index (χ0v) is 14.0. The summed E-state index contributed by atoms with van der Waals surface area (Å²) >= 11 is 0. The molecule has 4 aromatic rings.